The maximum absolute atomic E-state index is 11.7. The molecule has 1 heterocycles. The molecule has 4 nitrogen and oxygen atoms in total. The molecule has 3 N–H and O–H groups in total. The zero-order valence-electron chi connectivity index (χ0n) is 12.4. The van der Waals surface area contributed by atoms with Gasteiger partial charge in [-0.25, -0.2) is 4.79 Å². The number of thiophene rings is 1. The van der Waals surface area contributed by atoms with E-state index in [1.807, 2.05) is 20.8 Å². The van der Waals surface area contributed by atoms with Crippen LogP contribution in [0.3, 0.4) is 0 Å². The molecular formula is C14H24N2O2S. The molecule has 19 heavy (non-hydrogen) atoms. The van der Waals surface area contributed by atoms with Crippen LogP contribution in [0.25, 0.3) is 0 Å². The van der Waals surface area contributed by atoms with Gasteiger partial charge in [0, 0.05) is 23.4 Å². The number of rotatable bonds is 4. The van der Waals surface area contributed by atoms with E-state index in [0.29, 0.717) is 13.1 Å². The lowest BCUT2D eigenvalue weighted by Gasteiger charge is -2.28. The fourth-order valence-electron chi connectivity index (χ4n) is 1.59. The van der Waals surface area contributed by atoms with E-state index >= 15 is 0 Å². The Morgan fingerprint density at radius 2 is 2.05 bits per heavy atom. The number of hydrogen-bond acceptors (Lipinski definition) is 4. The molecule has 0 aromatic carbocycles. The van der Waals surface area contributed by atoms with Gasteiger partial charge in [0.2, 0.25) is 0 Å². The van der Waals surface area contributed by atoms with Crippen LogP contribution in [-0.2, 0) is 10.2 Å². The average Bonchev–Trinajstić information content (AvgIpc) is 2.71. The van der Waals surface area contributed by atoms with E-state index in [0.717, 1.165) is 0 Å². The Balaban J connectivity index is 2.65. The molecule has 5 heteroatoms. The second-order valence-electron chi connectivity index (χ2n) is 6.11. The quantitative estimate of drug-likeness (QED) is 0.893. The number of carbonyl (C=O) groups is 1. The van der Waals surface area contributed by atoms with Crippen molar-refractivity contribution < 1.29 is 9.53 Å². The molecule has 1 rings (SSSR count). The van der Waals surface area contributed by atoms with Gasteiger partial charge in [-0.3, -0.25) is 0 Å². The van der Waals surface area contributed by atoms with Crippen LogP contribution < -0.4 is 11.1 Å². The van der Waals surface area contributed by atoms with Crippen molar-refractivity contribution >= 4 is 17.4 Å². The molecule has 1 unspecified atom stereocenters. The summed E-state index contributed by atoms with van der Waals surface area (Å²) in [5.74, 6) is 0. The smallest absolute Gasteiger partial charge is 0.407 e. The summed E-state index contributed by atoms with van der Waals surface area (Å²) in [6, 6.07) is 2.12. The van der Waals surface area contributed by atoms with Gasteiger partial charge in [0.25, 0.3) is 0 Å². The van der Waals surface area contributed by atoms with Crippen molar-refractivity contribution in [2.24, 2.45) is 5.73 Å². The summed E-state index contributed by atoms with van der Waals surface area (Å²) in [5.41, 5.74) is 6.36. The third kappa shape index (κ3) is 4.84. The summed E-state index contributed by atoms with van der Waals surface area (Å²) in [6.07, 6.45) is -0.402. The Labute approximate surface area is 119 Å². The zero-order chi connectivity index (χ0) is 14.7. The highest BCUT2D eigenvalue weighted by atomic mass is 32.1. The van der Waals surface area contributed by atoms with Crippen molar-refractivity contribution in [3.05, 3.63) is 21.9 Å². The van der Waals surface area contributed by atoms with E-state index in [4.69, 9.17) is 10.5 Å². The van der Waals surface area contributed by atoms with Gasteiger partial charge >= 0.3 is 6.09 Å². The van der Waals surface area contributed by atoms with Crippen LogP contribution >= 0.6 is 11.3 Å². The predicted molar refractivity (Wildman–Crippen MR) is 79.7 cm³/mol. The highest BCUT2D eigenvalue weighted by Gasteiger charge is 2.28. The van der Waals surface area contributed by atoms with Crippen molar-refractivity contribution in [3.63, 3.8) is 0 Å². The molecule has 0 bridgehead atoms. The van der Waals surface area contributed by atoms with Crippen molar-refractivity contribution in [1.29, 1.82) is 0 Å². The van der Waals surface area contributed by atoms with Gasteiger partial charge < -0.3 is 15.8 Å². The van der Waals surface area contributed by atoms with E-state index < -0.39 is 11.7 Å². The van der Waals surface area contributed by atoms with Crippen LogP contribution in [0.2, 0.25) is 0 Å². The third-order valence-electron chi connectivity index (χ3n) is 2.80. The van der Waals surface area contributed by atoms with E-state index in [1.54, 1.807) is 11.3 Å². The maximum Gasteiger partial charge on any atom is 0.407 e. The maximum atomic E-state index is 11.7. The number of amides is 1. The summed E-state index contributed by atoms with van der Waals surface area (Å²) < 4.78 is 5.23. The molecular weight excluding hydrogens is 260 g/mol. The molecule has 0 aliphatic rings. The molecule has 0 aliphatic carbocycles. The lowest BCUT2D eigenvalue weighted by atomic mass is 9.88. The summed E-state index contributed by atoms with van der Waals surface area (Å²) in [6.45, 7) is 10.6. The molecule has 1 atom stereocenters. The van der Waals surface area contributed by atoms with Gasteiger partial charge in [-0.2, -0.15) is 0 Å². The Bertz CT molecular complexity index is 437. The molecule has 0 saturated carbocycles. The SMILES string of the molecule is Cc1csc(C(C)(CN)CNC(=O)OC(C)(C)C)c1. The number of nitrogens with two attached hydrogens (primary N) is 1. The van der Waals surface area contributed by atoms with Gasteiger partial charge in [-0.1, -0.05) is 6.92 Å². The van der Waals surface area contributed by atoms with E-state index in [1.165, 1.54) is 10.4 Å². The van der Waals surface area contributed by atoms with Crippen LogP contribution in [0.1, 0.15) is 38.1 Å². The van der Waals surface area contributed by atoms with Gasteiger partial charge in [0.15, 0.2) is 0 Å². The van der Waals surface area contributed by atoms with Gasteiger partial charge in [0.05, 0.1) is 0 Å². The van der Waals surface area contributed by atoms with Crippen LogP contribution in [-0.4, -0.2) is 24.8 Å². The lowest BCUT2D eigenvalue weighted by molar-refractivity contribution is 0.0517. The summed E-state index contributed by atoms with van der Waals surface area (Å²) in [4.78, 5) is 12.9. The van der Waals surface area contributed by atoms with Crippen LogP contribution in [0.4, 0.5) is 4.79 Å². The molecule has 108 valence electrons. The van der Waals surface area contributed by atoms with Gasteiger partial charge in [-0.15, -0.1) is 11.3 Å². The number of hydrogen-bond donors (Lipinski definition) is 2. The molecule has 0 spiro atoms. The van der Waals surface area contributed by atoms with E-state index in [2.05, 4.69) is 30.6 Å². The Hall–Kier alpha value is -1.07. The van der Waals surface area contributed by atoms with E-state index in [9.17, 15) is 4.79 Å². The first-order chi connectivity index (χ1) is 8.66. The normalized spacial score (nSPS) is 14.8. The molecule has 1 aromatic rings. The number of aryl methyl sites for hydroxylation is 1. The minimum atomic E-state index is -0.483. The first kappa shape index (κ1) is 16.0. The molecule has 0 aliphatic heterocycles. The predicted octanol–water partition coefficient (Wildman–Crippen LogP) is 2.80. The van der Waals surface area contributed by atoms with Crippen LogP contribution in [0.15, 0.2) is 11.4 Å². The third-order valence-corrected chi connectivity index (χ3v) is 4.15. The zero-order valence-corrected chi connectivity index (χ0v) is 13.2. The standard InChI is InChI=1S/C14H24N2O2S/c1-10-6-11(19-7-10)14(5,8-15)9-16-12(17)18-13(2,3)4/h6-7H,8-9,15H2,1-5H3,(H,16,17). The topological polar surface area (TPSA) is 64.3 Å². The van der Waals surface area contributed by atoms with Crippen molar-refractivity contribution in [2.75, 3.05) is 13.1 Å². The summed E-state index contributed by atoms with van der Waals surface area (Å²) >= 11 is 1.67. The largest absolute Gasteiger partial charge is 0.444 e. The first-order valence-corrected chi connectivity index (χ1v) is 7.27. The van der Waals surface area contributed by atoms with E-state index in [-0.39, 0.29) is 5.41 Å². The lowest BCUT2D eigenvalue weighted by Crippen LogP contribution is -2.44. The van der Waals surface area contributed by atoms with Gasteiger partial charge in [0.1, 0.15) is 5.60 Å². The highest BCUT2D eigenvalue weighted by Crippen LogP contribution is 2.28. The Morgan fingerprint density at radius 3 is 2.47 bits per heavy atom. The molecule has 0 fully saturated rings. The average molecular weight is 284 g/mol. The van der Waals surface area contributed by atoms with Crippen molar-refractivity contribution in [1.82, 2.24) is 5.32 Å². The minimum absolute atomic E-state index is 0.254. The summed E-state index contributed by atoms with van der Waals surface area (Å²) in [5, 5.41) is 4.90. The monoisotopic (exact) mass is 284 g/mol. The second kappa shape index (κ2) is 5.92. The number of carbonyl (C=O) groups excluding carboxylic acids is 1. The first-order valence-electron chi connectivity index (χ1n) is 6.39. The highest BCUT2D eigenvalue weighted by molar-refractivity contribution is 7.10. The molecule has 1 aromatic heterocycles. The minimum Gasteiger partial charge on any atom is -0.444 e. The summed E-state index contributed by atoms with van der Waals surface area (Å²) in [7, 11) is 0. The Kier molecular flexibility index (Phi) is 4.98. The van der Waals surface area contributed by atoms with Gasteiger partial charge in [-0.05, 0) is 44.7 Å². The fraction of sp³-hybridized carbons (Fsp3) is 0.643. The second-order valence-corrected chi connectivity index (χ2v) is 7.02. The number of nitrogens with one attached hydrogen (secondary N) is 1. The number of alkyl carbamates (subject to hydrolysis) is 1. The molecule has 1 amide bonds. The van der Waals surface area contributed by atoms with Crippen molar-refractivity contribution in [2.45, 2.75) is 45.6 Å². The Morgan fingerprint density at radius 1 is 1.42 bits per heavy atom. The number of ether oxygens (including phenoxy) is 1. The molecule has 0 saturated heterocycles. The van der Waals surface area contributed by atoms with Crippen LogP contribution in [0.5, 0.6) is 0 Å². The van der Waals surface area contributed by atoms with Crippen molar-refractivity contribution in [3.8, 4) is 0 Å². The van der Waals surface area contributed by atoms with Crippen LogP contribution in [0, 0.1) is 6.92 Å². The molecule has 0 radical (unpaired) electrons. The fourth-order valence-corrected chi connectivity index (χ4v) is 2.66.